The Balaban J connectivity index is 2.09. The van der Waals surface area contributed by atoms with E-state index >= 15 is 0 Å². The number of rotatable bonds is 5. The molecule has 2 atom stereocenters. The lowest BCUT2D eigenvalue weighted by molar-refractivity contribution is -0.121. The van der Waals surface area contributed by atoms with Gasteiger partial charge in [0, 0.05) is 12.0 Å². The molecule has 0 saturated heterocycles. The van der Waals surface area contributed by atoms with E-state index in [-0.39, 0.29) is 23.8 Å². The quantitative estimate of drug-likeness (QED) is 0.769. The summed E-state index contributed by atoms with van der Waals surface area (Å²) in [4.78, 5) is 26.4. The van der Waals surface area contributed by atoms with Crippen LogP contribution in [0.25, 0.3) is 0 Å². The van der Waals surface area contributed by atoms with Crippen molar-refractivity contribution in [3.05, 3.63) is 23.8 Å². The first-order valence-corrected chi connectivity index (χ1v) is 8.47. The Kier molecular flexibility index (Phi) is 6.34. The molecule has 1 aromatic carbocycles. The van der Waals surface area contributed by atoms with Gasteiger partial charge in [0.15, 0.2) is 0 Å². The molecule has 132 valence electrons. The molecule has 0 aromatic heterocycles. The van der Waals surface area contributed by atoms with Gasteiger partial charge in [-0.25, -0.2) is 0 Å². The molecule has 0 bridgehead atoms. The van der Waals surface area contributed by atoms with Gasteiger partial charge < -0.3 is 21.3 Å². The van der Waals surface area contributed by atoms with Crippen LogP contribution in [-0.4, -0.2) is 43.4 Å². The van der Waals surface area contributed by atoms with Crippen LogP contribution in [0, 0.1) is 12.8 Å². The molecule has 6 heteroatoms. The second-order valence-corrected chi connectivity index (χ2v) is 6.95. The normalized spacial score (nSPS) is 20.7. The van der Waals surface area contributed by atoms with Crippen molar-refractivity contribution >= 4 is 23.2 Å². The van der Waals surface area contributed by atoms with E-state index in [2.05, 4.69) is 10.6 Å². The highest BCUT2D eigenvalue weighted by molar-refractivity contribution is 6.00. The first kappa shape index (κ1) is 18.4. The van der Waals surface area contributed by atoms with Crippen molar-refractivity contribution in [2.75, 3.05) is 31.3 Å². The van der Waals surface area contributed by atoms with E-state index < -0.39 is 0 Å². The van der Waals surface area contributed by atoms with E-state index in [1.54, 1.807) is 4.90 Å². The number of hydrogen-bond donors (Lipinski definition) is 3. The van der Waals surface area contributed by atoms with Gasteiger partial charge in [-0.15, -0.1) is 0 Å². The molecule has 0 radical (unpaired) electrons. The fraction of sp³-hybridized carbons (Fsp3) is 0.556. The SMILES string of the molecule is Cc1ccc(NC(=O)CN(C)C)c(NC(=O)C2CCCC(N)C2)c1. The minimum Gasteiger partial charge on any atom is -0.328 e. The van der Waals surface area contributed by atoms with Crippen LogP contribution in [0.15, 0.2) is 18.2 Å². The van der Waals surface area contributed by atoms with Crippen LogP contribution in [0.5, 0.6) is 0 Å². The summed E-state index contributed by atoms with van der Waals surface area (Å²) >= 11 is 0. The Morgan fingerprint density at radius 3 is 2.62 bits per heavy atom. The predicted molar refractivity (Wildman–Crippen MR) is 96.9 cm³/mol. The number of nitrogens with zero attached hydrogens (tertiary/aromatic N) is 1. The number of hydrogen-bond acceptors (Lipinski definition) is 4. The van der Waals surface area contributed by atoms with Crippen LogP contribution in [0.4, 0.5) is 11.4 Å². The van der Waals surface area contributed by atoms with Gasteiger partial charge in [0.05, 0.1) is 17.9 Å². The number of anilines is 2. The van der Waals surface area contributed by atoms with Gasteiger partial charge in [-0.2, -0.15) is 0 Å². The zero-order valence-electron chi connectivity index (χ0n) is 14.8. The third-order valence-corrected chi connectivity index (χ3v) is 4.25. The number of carbonyl (C=O) groups excluding carboxylic acids is 2. The highest BCUT2D eigenvalue weighted by Gasteiger charge is 2.26. The second kappa shape index (κ2) is 8.26. The largest absolute Gasteiger partial charge is 0.328 e. The van der Waals surface area contributed by atoms with Gasteiger partial charge in [0.25, 0.3) is 0 Å². The maximum Gasteiger partial charge on any atom is 0.238 e. The fourth-order valence-corrected chi connectivity index (χ4v) is 3.05. The van der Waals surface area contributed by atoms with E-state index in [0.29, 0.717) is 17.9 Å². The molecule has 1 aliphatic rings. The predicted octanol–water partition coefficient (Wildman–Crippen LogP) is 1.95. The van der Waals surface area contributed by atoms with E-state index in [4.69, 9.17) is 5.73 Å². The van der Waals surface area contributed by atoms with E-state index in [1.165, 1.54) is 0 Å². The van der Waals surface area contributed by atoms with Crippen molar-refractivity contribution < 1.29 is 9.59 Å². The second-order valence-electron chi connectivity index (χ2n) is 6.95. The summed E-state index contributed by atoms with van der Waals surface area (Å²) in [6.45, 7) is 2.25. The number of amides is 2. The van der Waals surface area contributed by atoms with Crippen LogP contribution in [-0.2, 0) is 9.59 Å². The van der Waals surface area contributed by atoms with Crippen LogP contribution in [0.3, 0.4) is 0 Å². The van der Waals surface area contributed by atoms with Crippen molar-refractivity contribution in [3.63, 3.8) is 0 Å². The van der Waals surface area contributed by atoms with Crippen molar-refractivity contribution in [3.8, 4) is 0 Å². The Morgan fingerprint density at radius 1 is 1.21 bits per heavy atom. The monoisotopic (exact) mass is 332 g/mol. The molecule has 1 saturated carbocycles. The van der Waals surface area contributed by atoms with E-state index in [1.807, 2.05) is 39.2 Å². The Bertz CT molecular complexity index is 601. The van der Waals surface area contributed by atoms with Crippen molar-refractivity contribution in [2.24, 2.45) is 11.7 Å². The summed E-state index contributed by atoms with van der Waals surface area (Å²) in [6.07, 6.45) is 3.56. The molecule has 2 rings (SSSR count). The molecule has 1 aromatic rings. The smallest absolute Gasteiger partial charge is 0.238 e. The van der Waals surface area contributed by atoms with E-state index in [0.717, 1.165) is 31.2 Å². The third kappa shape index (κ3) is 5.32. The zero-order valence-corrected chi connectivity index (χ0v) is 14.8. The average Bonchev–Trinajstić information content (AvgIpc) is 2.49. The summed E-state index contributed by atoms with van der Waals surface area (Å²) in [5.74, 6) is -0.183. The molecule has 24 heavy (non-hydrogen) atoms. The topological polar surface area (TPSA) is 87.5 Å². The standard InChI is InChI=1S/C18H28N4O2/c1-12-7-8-15(20-17(23)11-22(2)3)16(9-12)21-18(24)13-5-4-6-14(19)10-13/h7-9,13-14H,4-6,10-11,19H2,1-3H3,(H,20,23)(H,21,24). The minimum atomic E-state index is -0.112. The maximum absolute atomic E-state index is 12.6. The first-order chi connectivity index (χ1) is 11.3. The summed E-state index contributed by atoms with van der Waals surface area (Å²) in [6, 6.07) is 5.72. The van der Waals surface area contributed by atoms with Crippen molar-refractivity contribution in [1.82, 2.24) is 4.90 Å². The average molecular weight is 332 g/mol. The Labute approximate surface area is 143 Å². The van der Waals surface area contributed by atoms with Gasteiger partial charge in [-0.1, -0.05) is 12.5 Å². The first-order valence-electron chi connectivity index (χ1n) is 8.47. The van der Waals surface area contributed by atoms with Crippen molar-refractivity contribution in [2.45, 2.75) is 38.6 Å². The molecule has 1 fully saturated rings. The van der Waals surface area contributed by atoms with Crippen LogP contribution in [0.1, 0.15) is 31.2 Å². The molecule has 0 heterocycles. The van der Waals surface area contributed by atoms with Gasteiger partial charge in [-0.05, 0) is 58.0 Å². The molecule has 4 N–H and O–H groups in total. The lowest BCUT2D eigenvalue weighted by atomic mass is 9.85. The highest BCUT2D eigenvalue weighted by Crippen LogP contribution is 2.27. The highest BCUT2D eigenvalue weighted by atomic mass is 16.2. The van der Waals surface area contributed by atoms with E-state index in [9.17, 15) is 9.59 Å². The Morgan fingerprint density at radius 2 is 1.96 bits per heavy atom. The number of nitrogens with two attached hydrogens (primary N) is 1. The molecule has 0 spiro atoms. The zero-order chi connectivity index (χ0) is 17.7. The number of nitrogens with one attached hydrogen (secondary N) is 2. The summed E-state index contributed by atoms with van der Waals surface area (Å²) in [5, 5.41) is 5.84. The summed E-state index contributed by atoms with van der Waals surface area (Å²) < 4.78 is 0. The number of carbonyl (C=O) groups is 2. The summed E-state index contributed by atoms with van der Waals surface area (Å²) in [7, 11) is 3.67. The molecule has 6 nitrogen and oxygen atoms in total. The summed E-state index contributed by atoms with van der Waals surface area (Å²) in [5.41, 5.74) is 8.28. The molecular formula is C18H28N4O2. The number of aryl methyl sites for hydroxylation is 1. The molecule has 0 aliphatic heterocycles. The lowest BCUT2D eigenvalue weighted by Crippen LogP contribution is -2.34. The third-order valence-electron chi connectivity index (χ3n) is 4.25. The molecule has 2 amide bonds. The fourth-order valence-electron chi connectivity index (χ4n) is 3.05. The molecular weight excluding hydrogens is 304 g/mol. The molecule has 2 unspecified atom stereocenters. The number of benzene rings is 1. The van der Waals surface area contributed by atoms with Gasteiger partial charge in [0.2, 0.25) is 11.8 Å². The van der Waals surface area contributed by atoms with Crippen LogP contribution in [0.2, 0.25) is 0 Å². The lowest BCUT2D eigenvalue weighted by Gasteiger charge is -2.26. The van der Waals surface area contributed by atoms with Crippen LogP contribution < -0.4 is 16.4 Å². The van der Waals surface area contributed by atoms with Gasteiger partial charge >= 0.3 is 0 Å². The van der Waals surface area contributed by atoms with Crippen LogP contribution >= 0.6 is 0 Å². The Hall–Kier alpha value is -1.92. The number of likely N-dealkylation sites (N-methyl/N-ethyl adjacent to an activating group) is 1. The maximum atomic E-state index is 12.6. The van der Waals surface area contributed by atoms with Gasteiger partial charge in [0.1, 0.15) is 0 Å². The van der Waals surface area contributed by atoms with Crippen molar-refractivity contribution in [1.29, 1.82) is 0 Å². The van der Waals surface area contributed by atoms with Gasteiger partial charge in [-0.3, -0.25) is 9.59 Å². The minimum absolute atomic E-state index is 0.0149. The molecule has 1 aliphatic carbocycles.